The van der Waals surface area contributed by atoms with E-state index in [1.165, 1.54) is 0 Å². The molecule has 0 bridgehead atoms. The van der Waals surface area contributed by atoms with Gasteiger partial charge in [0.15, 0.2) is 0 Å². The zero-order valence-corrected chi connectivity index (χ0v) is 12.1. The topological polar surface area (TPSA) is 52.6 Å². The summed E-state index contributed by atoms with van der Waals surface area (Å²) in [6, 6.07) is 8.71. The molecule has 106 valence electrons. The van der Waals surface area contributed by atoms with E-state index in [2.05, 4.69) is 0 Å². The maximum atomic E-state index is 11.8. The SMILES string of the molecule is CCC(=O)O[C@@H](C)[C@H](C)OC(=O)c1ccccc1.Cl. The van der Waals surface area contributed by atoms with Gasteiger partial charge in [-0.05, 0) is 26.0 Å². The van der Waals surface area contributed by atoms with Crippen LogP contribution in [0.4, 0.5) is 0 Å². The molecule has 2 atom stereocenters. The van der Waals surface area contributed by atoms with Gasteiger partial charge in [0.25, 0.3) is 0 Å². The highest BCUT2D eigenvalue weighted by molar-refractivity contribution is 5.89. The van der Waals surface area contributed by atoms with Crippen molar-refractivity contribution in [3.05, 3.63) is 35.9 Å². The Morgan fingerprint density at radius 1 is 1.05 bits per heavy atom. The molecule has 0 heterocycles. The van der Waals surface area contributed by atoms with Gasteiger partial charge in [-0.2, -0.15) is 0 Å². The van der Waals surface area contributed by atoms with Crippen molar-refractivity contribution in [2.75, 3.05) is 0 Å². The van der Waals surface area contributed by atoms with E-state index in [0.717, 1.165) is 0 Å². The number of carbonyl (C=O) groups is 2. The third-order valence-corrected chi connectivity index (χ3v) is 2.57. The molecule has 0 N–H and O–H groups in total. The van der Waals surface area contributed by atoms with E-state index in [1.807, 2.05) is 6.07 Å². The molecule has 0 spiro atoms. The number of halogens is 1. The zero-order valence-electron chi connectivity index (χ0n) is 11.3. The Bertz CT molecular complexity index is 405. The summed E-state index contributed by atoms with van der Waals surface area (Å²) in [6.07, 6.45) is -0.623. The van der Waals surface area contributed by atoms with Crippen LogP contribution in [-0.2, 0) is 14.3 Å². The van der Waals surface area contributed by atoms with E-state index in [1.54, 1.807) is 45.0 Å². The van der Waals surface area contributed by atoms with Gasteiger partial charge >= 0.3 is 11.9 Å². The molecule has 1 aromatic rings. The van der Waals surface area contributed by atoms with E-state index in [9.17, 15) is 9.59 Å². The van der Waals surface area contributed by atoms with Crippen molar-refractivity contribution in [1.82, 2.24) is 0 Å². The highest BCUT2D eigenvalue weighted by atomic mass is 35.5. The minimum atomic E-state index is -0.479. The molecule has 0 saturated carbocycles. The minimum Gasteiger partial charge on any atom is -0.459 e. The summed E-state index contributed by atoms with van der Waals surface area (Å²) in [6.45, 7) is 5.13. The molecule has 0 aliphatic carbocycles. The van der Waals surface area contributed by atoms with Crippen molar-refractivity contribution in [2.45, 2.75) is 39.4 Å². The van der Waals surface area contributed by atoms with Gasteiger partial charge in [0.05, 0.1) is 5.56 Å². The van der Waals surface area contributed by atoms with Gasteiger partial charge in [0, 0.05) is 6.42 Å². The molecule has 4 nitrogen and oxygen atoms in total. The minimum absolute atomic E-state index is 0. The predicted octanol–water partition coefficient (Wildman–Crippen LogP) is 3.00. The summed E-state index contributed by atoms with van der Waals surface area (Å²) >= 11 is 0. The molecule has 0 aliphatic heterocycles. The zero-order chi connectivity index (χ0) is 13.5. The second kappa shape index (κ2) is 8.53. The number of hydrogen-bond donors (Lipinski definition) is 0. The van der Waals surface area contributed by atoms with E-state index < -0.39 is 18.2 Å². The number of esters is 2. The molecule has 0 fully saturated rings. The lowest BCUT2D eigenvalue weighted by Gasteiger charge is -2.20. The fraction of sp³-hybridized carbons (Fsp3) is 0.429. The van der Waals surface area contributed by atoms with E-state index in [4.69, 9.17) is 9.47 Å². The Kier molecular flexibility index (Phi) is 7.84. The largest absolute Gasteiger partial charge is 0.459 e. The maximum absolute atomic E-state index is 11.8. The average Bonchev–Trinajstić information content (AvgIpc) is 2.39. The van der Waals surface area contributed by atoms with Gasteiger partial charge in [-0.3, -0.25) is 4.79 Å². The Hall–Kier alpha value is -1.55. The maximum Gasteiger partial charge on any atom is 0.338 e. The van der Waals surface area contributed by atoms with E-state index in [-0.39, 0.29) is 18.4 Å². The van der Waals surface area contributed by atoms with Gasteiger partial charge in [-0.15, -0.1) is 12.4 Å². The van der Waals surface area contributed by atoms with Gasteiger partial charge in [-0.1, -0.05) is 25.1 Å². The summed E-state index contributed by atoms with van der Waals surface area (Å²) in [5, 5.41) is 0. The molecule has 0 amide bonds. The summed E-state index contributed by atoms with van der Waals surface area (Å²) in [4.78, 5) is 22.9. The van der Waals surface area contributed by atoms with Gasteiger partial charge < -0.3 is 9.47 Å². The number of ether oxygens (including phenoxy) is 2. The highest BCUT2D eigenvalue weighted by Crippen LogP contribution is 2.09. The smallest absolute Gasteiger partial charge is 0.338 e. The lowest BCUT2D eigenvalue weighted by molar-refractivity contribution is -0.152. The molecule has 1 aromatic carbocycles. The van der Waals surface area contributed by atoms with Crippen LogP contribution < -0.4 is 0 Å². The van der Waals surface area contributed by atoms with Crippen molar-refractivity contribution in [1.29, 1.82) is 0 Å². The molecule has 5 heteroatoms. The van der Waals surface area contributed by atoms with Crippen LogP contribution >= 0.6 is 12.4 Å². The normalized spacial score (nSPS) is 12.8. The van der Waals surface area contributed by atoms with Crippen molar-refractivity contribution >= 4 is 24.3 Å². The van der Waals surface area contributed by atoms with Gasteiger partial charge in [0.1, 0.15) is 12.2 Å². The Morgan fingerprint density at radius 3 is 2.11 bits per heavy atom. The average molecular weight is 287 g/mol. The first-order valence-corrected chi connectivity index (χ1v) is 6.00. The molecular formula is C14H19ClO4. The van der Waals surface area contributed by atoms with Gasteiger partial charge in [0.2, 0.25) is 0 Å². The van der Waals surface area contributed by atoms with Crippen LogP contribution in [0.5, 0.6) is 0 Å². The summed E-state index contributed by atoms with van der Waals surface area (Å²) < 4.78 is 10.3. The summed E-state index contributed by atoms with van der Waals surface area (Å²) in [5.74, 6) is -0.715. The molecule has 0 unspecified atom stereocenters. The van der Waals surface area contributed by atoms with Crippen molar-refractivity contribution in [3.8, 4) is 0 Å². The van der Waals surface area contributed by atoms with Crippen molar-refractivity contribution in [3.63, 3.8) is 0 Å². The Morgan fingerprint density at radius 2 is 1.58 bits per heavy atom. The lowest BCUT2D eigenvalue weighted by atomic mass is 10.2. The van der Waals surface area contributed by atoms with Crippen LogP contribution in [0.15, 0.2) is 30.3 Å². The van der Waals surface area contributed by atoms with Crippen LogP contribution in [0.25, 0.3) is 0 Å². The van der Waals surface area contributed by atoms with Crippen LogP contribution in [0, 0.1) is 0 Å². The van der Waals surface area contributed by atoms with Crippen molar-refractivity contribution < 1.29 is 19.1 Å². The van der Waals surface area contributed by atoms with Crippen molar-refractivity contribution in [2.24, 2.45) is 0 Å². The fourth-order valence-electron chi connectivity index (χ4n) is 1.29. The van der Waals surface area contributed by atoms with E-state index >= 15 is 0 Å². The van der Waals surface area contributed by atoms with Crippen LogP contribution in [0.1, 0.15) is 37.6 Å². The summed E-state index contributed by atoms with van der Waals surface area (Å²) in [7, 11) is 0. The number of benzene rings is 1. The summed E-state index contributed by atoms with van der Waals surface area (Å²) in [5.41, 5.74) is 0.485. The van der Waals surface area contributed by atoms with Crippen LogP contribution in [-0.4, -0.2) is 24.1 Å². The molecule has 0 radical (unpaired) electrons. The molecule has 0 aliphatic rings. The van der Waals surface area contributed by atoms with Crippen LogP contribution in [0.2, 0.25) is 0 Å². The Labute approximate surface area is 119 Å². The first kappa shape index (κ1) is 17.4. The van der Waals surface area contributed by atoms with Gasteiger partial charge in [-0.25, -0.2) is 4.79 Å². The van der Waals surface area contributed by atoms with Crippen LogP contribution in [0.3, 0.4) is 0 Å². The lowest BCUT2D eigenvalue weighted by Crippen LogP contribution is -2.30. The number of rotatable bonds is 5. The second-order valence-corrected chi connectivity index (χ2v) is 4.02. The first-order chi connectivity index (χ1) is 8.54. The van der Waals surface area contributed by atoms with E-state index in [0.29, 0.717) is 12.0 Å². The molecular weight excluding hydrogens is 268 g/mol. The number of hydrogen-bond acceptors (Lipinski definition) is 4. The second-order valence-electron chi connectivity index (χ2n) is 4.02. The number of carbonyl (C=O) groups excluding carboxylic acids is 2. The monoisotopic (exact) mass is 286 g/mol. The molecule has 0 saturated heterocycles. The first-order valence-electron chi connectivity index (χ1n) is 6.00. The Balaban J connectivity index is 0.00000324. The quantitative estimate of drug-likeness (QED) is 0.781. The fourth-order valence-corrected chi connectivity index (χ4v) is 1.29. The molecule has 19 heavy (non-hydrogen) atoms. The molecule has 1 rings (SSSR count). The third kappa shape index (κ3) is 5.75. The molecule has 0 aromatic heterocycles. The predicted molar refractivity (Wildman–Crippen MR) is 74.4 cm³/mol. The third-order valence-electron chi connectivity index (χ3n) is 2.57. The highest BCUT2D eigenvalue weighted by Gasteiger charge is 2.20. The standard InChI is InChI=1S/C14H18O4.ClH/c1-4-13(15)17-10(2)11(3)18-14(16)12-8-6-5-7-9-12;/h5-11H,4H2,1-3H3;1H/t10-,11-;/m0./s1.